The van der Waals surface area contributed by atoms with Crippen molar-refractivity contribution in [1.82, 2.24) is 9.80 Å². The number of rotatable bonds is 4. The predicted octanol–water partition coefficient (Wildman–Crippen LogP) is 1.48. The van der Waals surface area contributed by atoms with Gasteiger partial charge >= 0.3 is 6.18 Å². The summed E-state index contributed by atoms with van der Waals surface area (Å²) in [5, 5.41) is 0. The summed E-state index contributed by atoms with van der Waals surface area (Å²) in [5.74, 6) is -1.71. The Bertz CT molecular complexity index is 288. The van der Waals surface area contributed by atoms with Crippen molar-refractivity contribution in [3.05, 3.63) is 0 Å². The molecule has 0 aliphatic carbocycles. The zero-order valence-corrected chi connectivity index (χ0v) is 11.5. The van der Waals surface area contributed by atoms with Gasteiger partial charge in [-0.2, -0.15) is 13.2 Å². The first-order valence-electron chi connectivity index (χ1n) is 5.96. The van der Waals surface area contributed by atoms with Crippen LogP contribution >= 0.6 is 12.2 Å². The van der Waals surface area contributed by atoms with Gasteiger partial charge in [0.25, 0.3) is 0 Å². The number of nitrogens with zero attached hydrogens (tertiary/aromatic N) is 2. The van der Waals surface area contributed by atoms with Crippen LogP contribution in [0.2, 0.25) is 0 Å². The normalized spacial score (nSPS) is 21.2. The van der Waals surface area contributed by atoms with E-state index in [1.165, 1.54) is 0 Å². The van der Waals surface area contributed by atoms with E-state index in [4.69, 9.17) is 5.73 Å². The quantitative estimate of drug-likeness (QED) is 0.792. The minimum absolute atomic E-state index is 0.146. The number of alkyl halides is 3. The van der Waals surface area contributed by atoms with E-state index in [-0.39, 0.29) is 12.6 Å². The van der Waals surface area contributed by atoms with Crippen LogP contribution in [0.5, 0.6) is 0 Å². The molecular weight excluding hydrogens is 263 g/mol. The summed E-state index contributed by atoms with van der Waals surface area (Å²) in [6, 6.07) is 0.181. The standard InChI is InChI=1S/C11H20F3N3S/c1-16-5-3-8(4-6-16)17(2)7-9(10(15)18)11(12,13)14/h8-9H,3-7H2,1-2H3,(H2,15,18). The first kappa shape index (κ1) is 15.7. The maximum absolute atomic E-state index is 12.8. The van der Waals surface area contributed by atoms with Gasteiger partial charge < -0.3 is 15.5 Å². The summed E-state index contributed by atoms with van der Waals surface area (Å²) in [5.41, 5.74) is 5.20. The van der Waals surface area contributed by atoms with E-state index in [1.807, 2.05) is 7.05 Å². The molecule has 0 amide bonds. The fraction of sp³-hybridized carbons (Fsp3) is 0.909. The summed E-state index contributed by atoms with van der Waals surface area (Å²) in [7, 11) is 3.73. The van der Waals surface area contributed by atoms with Crippen molar-refractivity contribution < 1.29 is 13.2 Å². The zero-order valence-electron chi connectivity index (χ0n) is 10.7. The van der Waals surface area contributed by atoms with E-state index in [1.54, 1.807) is 11.9 Å². The molecule has 1 atom stereocenters. The Morgan fingerprint density at radius 2 is 1.94 bits per heavy atom. The molecule has 0 radical (unpaired) electrons. The number of nitrogens with two attached hydrogens (primary N) is 1. The maximum Gasteiger partial charge on any atom is 0.399 e. The average molecular weight is 283 g/mol. The molecule has 7 heteroatoms. The van der Waals surface area contributed by atoms with Crippen molar-refractivity contribution in [3.63, 3.8) is 0 Å². The van der Waals surface area contributed by atoms with E-state index < -0.39 is 17.1 Å². The van der Waals surface area contributed by atoms with Gasteiger partial charge in [-0.25, -0.2) is 0 Å². The fourth-order valence-corrected chi connectivity index (χ4v) is 2.44. The minimum Gasteiger partial charge on any atom is -0.393 e. The molecule has 0 bridgehead atoms. The van der Waals surface area contributed by atoms with Gasteiger partial charge in [-0.15, -0.1) is 0 Å². The highest BCUT2D eigenvalue weighted by atomic mass is 32.1. The molecule has 2 N–H and O–H groups in total. The highest BCUT2D eigenvalue weighted by Gasteiger charge is 2.42. The highest BCUT2D eigenvalue weighted by molar-refractivity contribution is 7.80. The van der Waals surface area contributed by atoms with Gasteiger partial charge in [0.05, 0.1) is 4.99 Å². The van der Waals surface area contributed by atoms with Crippen molar-refractivity contribution in [3.8, 4) is 0 Å². The monoisotopic (exact) mass is 283 g/mol. The lowest BCUT2D eigenvalue weighted by Crippen LogP contribution is -2.48. The van der Waals surface area contributed by atoms with E-state index >= 15 is 0 Å². The second-order valence-electron chi connectivity index (χ2n) is 4.97. The van der Waals surface area contributed by atoms with Crippen LogP contribution < -0.4 is 5.73 Å². The maximum atomic E-state index is 12.8. The third-order valence-electron chi connectivity index (χ3n) is 3.52. The lowest BCUT2D eigenvalue weighted by atomic mass is 10.0. The van der Waals surface area contributed by atoms with Crippen LogP contribution in [-0.2, 0) is 0 Å². The minimum atomic E-state index is -4.36. The predicted molar refractivity (Wildman–Crippen MR) is 69.5 cm³/mol. The van der Waals surface area contributed by atoms with Crippen molar-refractivity contribution in [2.45, 2.75) is 25.1 Å². The molecule has 3 nitrogen and oxygen atoms in total. The van der Waals surface area contributed by atoms with E-state index in [2.05, 4.69) is 17.1 Å². The fourth-order valence-electron chi connectivity index (χ4n) is 2.23. The molecule has 1 saturated heterocycles. The number of halogens is 3. The zero-order chi connectivity index (χ0) is 13.9. The first-order valence-corrected chi connectivity index (χ1v) is 6.37. The number of likely N-dealkylation sites (tertiary alicyclic amines) is 1. The first-order chi connectivity index (χ1) is 8.21. The van der Waals surface area contributed by atoms with Gasteiger partial charge in [0.15, 0.2) is 0 Å². The smallest absolute Gasteiger partial charge is 0.393 e. The Kier molecular flexibility index (Phi) is 5.36. The SMILES string of the molecule is CN1CCC(N(C)CC(C(N)=S)C(F)(F)F)CC1. The van der Waals surface area contributed by atoms with Crippen LogP contribution in [0, 0.1) is 5.92 Å². The van der Waals surface area contributed by atoms with Crippen molar-refractivity contribution in [1.29, 1.82) is 0 Å². The molecule has 0 saturated carbocycles. The van der Waals surface area contributed by atoms with E-state index in [0.717, 1.165) is 25.9 Å². The Balaban J connectivity index is 2.56. The number of piperidine rings is 1. The second kappa shape index (κ2) is 6.16. The molecule has 1 aliphatic rings. The van der Waals surface area contributed by atoms with E-state index in [9.17, 15) is 13.2 Å². The molecule has 1 rings (SSSR count). The average Bonchev–Trinajstić information content (AvgIpc) is 2.24. The second-order valence-corrected chi connectivity index (χ2v) is 5.44. The largest absolute Gasteiger partial charge is 0.399 e. The third kappa shape index (κ3) is 4.37. The Labute approximate surface area is 111 Å². The molecule has 0 aromatic carbocycles. The molecule has 0 aromatic rings. The Hall–Kier alpha value is -0.400. The number of thiocarbonyl (C=S) groups is 1. The highest BCUT2D eigenvalue weighted by Crippen LogP contribution is 2.28. The van der Waals surface area contributed by atoms with Gasteiger partial charge in [-0.3, -0.25) is 0 Å². The van der Waals surface area contributed by atoms with Gasteiger partial charge in [0.2, 0.25) is 0 Å². The summed E-state index contributed by atoms with van der Waals surface area (Å²) in [6.45, 7) is 1.69. The van der Waals surface area contributed by atoms with Crippen molar-refractivity contribution in [2.24, 2.45) is 11.7 Å². The molecule has 1 heterocycles. The summed E-state index contributed by atoms with van der Waals surface area (Å²) < 4.78 is 38.3. The van der Waals surface area contributed by atoms with Crippen LogP contribution in [0.1, 0.15) is 12.8 Å². The van der Waals surface area contributed by atoms with E-state index in [0.29, 0.717) is 0 Å². The summed E-state index contributed by atoms with van der Waals surface area (Å²) in [6.07, 6.45) is -2.59. The lowest BCUT2D eigenvalue weighted by molar-refractivity contribution is -0.160. The molecule has 1 unspecified atom stereocenters. The summed E-state index contributed by atoms with van der Waals surface area (Å²) in [4.78, 5) is 3.45. The van der Waals surface area contributed by atoms with Crippen LogP contribution in [0.3, 0.4) is 0 Å². The van der Waals surface area contributed by atoms with Crippen molar-refractivity contribution in [2.75, 3.05) is 33.7 Å². The Morgan fingerprint density at radius 1 is 1.44 bits per heavy atom. The van der Waals surface area contributed by atoms with Gasteiger partial charge in [-0.05, 0) is 40.0 Å². The van der Waals surface area contributed by atoms with Crippen LogP contribution in [0.4, 0.5) is 13.2 Å². The lowest BCUT2D eigenvalue weighted by Gasteiger charge is -2.36. The molecule has 0 spiro atoms. The third-order valence-corrected chi connectivity index (χ3v) is 3.81. The molecule has 0 aromatic heterocycles. The number of hydrogen-bond donors (Lipinski definition) is 1. The molecule has 106 valence electrons. The molecule has 18 heavy (non-hydrogen) atoms. The molecule has 1 fully saturated rings. The number of hydrogen-bond acceptors (Lipinski definition) is 3. The van der Waals surface area contributed by atoms with Gasteiger partial charge in [0, 0.05) is 12.6 Å². The summed E-state index contributed by atoms with van der Waals surface area (Å²) >= 11 is 4.53. The van der Waals surface area contributed by atoms with Crippen molar-refractivity contribution >= 4 is 17.2 Å². The van der Waals surface area contributed by atoms with Crippen LogP contribution in [0.25, 0.3) is 0 Å². The molecule has 1 aliphatic heterocycles. The van der Waals surface area contributed by atoms with Crippen LogP contribution in [-0.4, -0.2) is 60.7 Å². The van der Waals surface area contributed by atoms with Gasteiger partial charge in [-0.1, -0.05) is 12.2 Å². The topological polar surface area (TPSA) is 32.5 Å². The van der Waals surface area contributed by atoms with Gasteiger partial charge in [0.1, 0.15) is 5.92 Å². The molecular formula is C11H20F3N3S. The van der Waals surface area contributed by atoms with Crippen LogP contribution in [0.15, 0.2) is 0 Å². The Morgan fingerprint density at radius 3 is 2.33 bits per heavy atom.